The lowest BCUT2D eigenvalue weighted by atomic mass is 9.82. The molecule has 8 nitrogen and oxygen atoms in total. The highest BCUT2D eigenvalue weighted by Gasteiger charge is 2.28. The van der Waals surface area contributed by atoms with Crippen LogP contribution in [0.1, 0.15) is 67.6 Å². The lowest BCUT2D eigenvalue weighted by Crippen LogP contribution is -2.26. The lowest BCUT2D eigenvalue weighted by molar-refractivity contribution is 0.0822. The molecule has 172 valence electrons. The van der Waals surface area contributed by atoms with Crippen molar-refractivity contribution in [2.75, 3.05) is 24.7 Å². The molecule has 0 bridgehead atoms. The number of amides is 1. The monoisotopic (exact) mass is 457 g/mol. The van der Waals surface area contributed by atoms with Crippen LogP contribution in [0, 0.1) is 6.92 Å². The number of carbonyl (C=O) groups is 1. The Labute approximate surface area is 193 Å². The Morgan fingerprint density at radius 2 is 1.88 bits per heavy atom. The summed E-state index contributed by atoms with van der Waals surface area (Å²) in [6.07, 6.45) is 0.789. The van der Waals surface area contributed by atoms with E-state index in [-0.39, 0.29) is 28.7 Å². The first-order valence-electron chi connectivity index (χ1n) is 10.5. The smallest absolute Gasteiger partial charge is 0.257 e. The maximum atomic E-state index is 12.9. The van der Waals surface area contributed by atoms with Gasteiger partial charge in [0.25, 0.3) is 5.91 Å². The summed E-state index contributed by atoms with van der Waals surface area (Å²) in [5.74, 6) is 2.32. The van der Waals surface area contributed by atoms with Crippen molar-refractivity contribution in [2.45, 2.75) is 52.5 Å². The minimum atomic E-state index is -0.318. The fourth-order valence-corrected chi connectivity index (χ4v) is 3.91. The number of benzene rings is 1. The van der Waals surface area contributed by atoms with Gasteiger partial charge in [-0.25, -0.2) is 0 Å². The molecule has 3 N–H and O–H groups in total. The fourth-order valence-electron chi connectivity index (χ4n) is 3.43. The van der Waals surface area contributed by atoms with Gasteiger partial charge in [-0.05, 0) is 42.5 Å². The van der Waals surface area contributed by atoms with Gasteiger partial charge in [0.2, 0.25) is 0 Å². The molecular weight excluding hydrogens is 426 g/mol. The Balaban J connectivity index is 1.94. The number of nitrogens with one attached hydrogen (secondary N) is 2. The summed E-state index contributed by atoms with van der Waals surface area (Å²) in [4.78, 5) is 14.3. The van der Waals surface area contributed by atoms with E-state index in [1.54, 1.807) is 20.2 Å². The Morgan fingerprint density at radius 1 is 1.19 bits per heavy atom. The van der Waals surface area contributed by atoms with Crippen molar-refractivity contribution in [3.63, 3.8) is 0 Å². The minimum absolute atomic E-state index is 0.0732. The first-order valence-corrected chi connectivity index (χ1v) is 11.3. The highest BCUT2D eigenvalue weighted by Crippen LogP contribution is 2.39. The molecule has 1 amide bonds. The van der Waals surface area contributed by atoms with Crippen LogP contribution in [0.2, 0.25) is 0 Å². The number of hydrogen-bond donors (Lipinski definition) is 3. The van der Waals surface area contributed by atoms with Crippen LogP contribution in [0.3, 0.4) is 0 Å². The summed E-state index contributed by atoms with van der Waals surface area (Å²) in [6.45, 7) is 9.99. The van der Waals surface area contributed by atoms with Crippen LogP contribution in [-0.2, 0) is 5.41 Å². The topological polar surface area (TPSA) is 104 Å². The molecule has 0 saturated heterocycles. The van der Waals surface area contributed by atoms with Crippen molar-refractivity contribution in [3.8, 4) is 5.75 Å². The zero-order valence-electron chi connectivity index (χ0n) is 19.6. The summed E-state index contributed by atoms with van der Waals surface area (Å²) in [5, 5.41) is 17.6. The van der Waals surface area contributed by atoms with Crippen LogP contribution in [0.15, 0.2) is 28.7 Å². The van der Waals surface area contributed by atoms with E-state index in [0.717, 1.165) is 35.2 Å². The largest absolute Gasteiger partial charge is 0.505 e. The summed E-state index contributed by atoms with van der Waals surface area (Å²) in [7, 11) is 3.34. The van der Waals surface area contributed by atoms with Crippen LogP contribution in [-0.4, -0.2) is 38.8 Å². The van der Waals surface area contributed by atoms with Gasteiger partial charge in [0.05, 0.1) is 29.0 Å². The zero-order chi connectivity index (χ0) is 23.6. The highest BCUT2D eigenvalue weighted by atomic mass is 32.1. The molecule has 3 aromatic rings. The van der Waals surface area contributed by atoms with Gasteiger partial charge in [-0.15, -0.1) is 0 Å². The maximum absolute atomic E-state index is 12.9. The van der Waals surface area contributed by atoms with Crippen molar-refractivity contribution in [1.82, 2.24) is 13.6 Å². The molecule has 1 aromatic carbocycles. The average molecular weight is 458 g/mol. The molecule has 0 unspecified atom stereocenters. The Bertz CT molecular complexity index is 1100. The van der Waals surface area contributed by atoms with E-state index in [4.69, 9.17) is 4.42 Å². The molecule has 1 atom stereocenters. The molecule has 9 heteroatoms. The second-order valence-electron chi connectivity index (χ2n) is 8.97. The van der Waals surface area contributed by atoms with Crippen LogP contribution in [0.5, 0.6) is 5.75 Å². The summed E-state index contributed by atoms with van der Waals surface area (Å²) in [5.41, 5.74) is 1.12. The quantitative estimate of drug-likeness (QED) is 0.405. The summed E-state index contributed by atoms with van der Waals surface area (Å²) >= 11 is 1.05. The van der Waals surface area contributed by atoms with Crippen LogP contribution in [0.25, 0.3) is 0 Å². The normalized spacial score (nSPS) is 12.5. The summed E-state index contributed by atoms with van der Waals surface area (Å²) < 4.78 is 14.5. The molecule has 3 rings (SSSR count). The number of anilines is 3. The molecule has 0 radical (unpaired) electrons. The number of aromatic hydroxyl groups is 1. The number of carbonyl (C=O) groups excluding carboxylic acids is 1. The van der Waals surface area contributed by atoms with Gasteiger partial charge in [-0.1, -0.05) is 33.8 Å². The number of rotatable bonds is 7. The summed E-state index contributed by atoms with van der Waals surface area (Å²) in [6, 6.07) is 7.43. The van der Waals surface area contributed by atoms with E-state index in [1.807, 2.05) is 45.9 Å². The third kappa shape index (κ3) is 4.88. The van der Waals surface area contributed by atoms with Crippen molar-refractivity contribution in [3.05, 3.63) is 46.9 Å². The number of nitrogens with zero attached hydrogens (tertiary/aromatic N) is 3. The van der Waals surface area contributed by atoms with Gasteiger partial charge in [-0.2, -0.15) is 8.75 Å². The lowest BCUT2D eigenvalue weighted by Gasteiger charge is -2.25. The van der Waals surface area contributed by atoms with E-state index in [2.05, 4.69) is 26.3 Å². The first kappa shape index (κ1) is 23.6. The van der Waals surface area contributed by atoms with Gasteiger partial charge in [0.1, 0.15) is 11.5 Å². The zero-order valence-corrected chi connectivity index (χ0v) is 20.4. The SMILES string of the molecule is CC[C@@H](Nc1nsnc1Nc1ccc(C(C)(C)C)c(C(=O)N(C)C)c1O)c1ccc(C)o1. The number of phenolic OH excluding ortho intramolecular Hbond substituents is 1. The van der Waals surface area contributed by atoms with Crippen LogP contribution < -0.4 is 10.6 Å². The number of furan rings is 1. The Morgan fingerprint density at radius 3 is 2.44 bits per heavy atom. The van der Waals surface area contributed by atoms with E-state index in [1.165, 1.54) is 4.90 Å². The van der Waals surface area contributed by atoms with Gasteiger partial charge in [0, 0.05) is 14.1 Å². The molecule has 0 spiro atoms. The Hall–Kier alpha value is -3.07. The van der Waals surface area contributed by atoms with Crippen LogP contribution >= 0.6 is 11.7 Å². The Kier molecular flexibility index (Phi) is 6.78. The van der Waals surface area contributed by atoms with Crippen molar-refractivity contribution < 1.29 is 14.3 Å². The first-order chi connectivity index (χ1) is 15.0. The highest BCUT2D eigenvalue weighted by molar-refractivity contribution is 6.99. The number of aromatic nitrogens is 2. The van der Waals surface area contributed by atoms with Gasteiger partial charge in [0.15, 0.2) is 17.4 Å². The van der Waals surface area contributed by atoms with E-state index in [0.29, 0.717) is 17.3 Å². The van der Waals surface area contributed by atoms with Crippen molar-refractivity contribution in [1.29, 1.82) is 0 Å². The van der Waals surface area contributed by atoms with Crippen LogP contribution in [0.4, 0.5) is 17.3 Å². The predicted molar refractivity (Wildman–Crippen MR) is 128 cm³/mol. The van der Waals surface area contributed by atoms with E-state index in [9.17, 15) is 9.90 Å². The molecule has 0 aliphatic carbocycles. The predicted octanol–water partition coefficient (Wildman–Crippen LogP) is 5.45. The van der Waals surface area contributed by atoms with Gasteiger partial charge >= 0.3 is 0 Å². The fraction of sp³-hybridized carbons (Fsp3) is 0.435. The van der Waals surface area contributed by atoms with Crippen molar-refractivity contribution in [2.24, 2.45) is 0 Å². The second-order valence-corrected chi connectivity index (χ2v) is 9.50. The number of phenols is 1. The third-order valence-electron chi connectivity index (χ3n) is 5.17. The second kappa shape index (κ2) is 9.20. The van der Waals surface area contributed by atoms with Gasteiger partial charge < -0.3 is 25.1 Å². The molecule has 0 fully saturated rings. The van der Waals surface area contributed by atoms with E-state index < -0.39 is 0 Å². The maximum Gasteiger partial charge on any atom is 0.257 e. The standard InChI is InChI=1S/C23H31N5O3S/c1-8-15(17-12-9-13(2)31-17)24-20-21(27-32-26-20)25-16-11-10-14(23(3,4)5)18(19(16)29)22(30)28(6)7/h9-12,15,29H,8H2,1-7H3,(H,24,26)(H,25,27)/t15-/m1/s1. The molecule has 0 saturated carbocycles. The molecule has 32 heavy (non-hydrogen) atoms. The third-order valence-corrected chi connectivity index (χ3v) is 5.70. The molecule has 2 heterocycles. The van der Waals surface area contributed by atoms with Crippen molar-refractivity contribution >= 4 is 35.0 Å². The minimum Gasteiger partial charge on any atom is -0.505 e. The molecule has 0 aliphatic heterocycles. The molecule has 2 aromatic heterocycles. The number of hydrogen-bond acceptors (Lipinski definition) is 8. The van der Waals surface area contributed by atoms with E-state index >= 15 is 0 Å². The molecule has 0 aliphatic rings. The number of aryl methyl sites for hydroxylation is 1. The average Bonchev–Trinajstić information content (AvgIpc) is 3.34. The van der Waals surface area contributed by atoms with Gasteiger partial charge in [-0.3, -0.25) is 4.79 Å². The molecular formula is C23H31N5O3S.